The van der Waals surface area contributed by atoms with Crippen molar-refractivity contribution in [3.05, 3.63) is 180 Å². The average molecular weight is 696 g/mol. The van der Waals surface area contributed by atoms with Crippen LogP contribution < -0.4 is 5.32 Å². The highest BCUT2D eigenvalue weighted by molar-refractivity contribution is 7.22. The highest BCUT2D eigenvalue weighted by Gasteiger charge is 2.29. The van der Waals surface area contributed by atoms with E-state index in [9.17, 15) is 0 Å². The minimum Gasteiger partial charge on any atom is -0.454 e. The van der Waals surface area contributed by atoms with Gasteiger partial charge < -0.3 is 14.3 Å². The summed E-state index contributed by atoms with van der Waals surface area (Å²) in [6, 6.07) is 58.7. The van der Waals surface area contributed by atoms with Crippen molar-refractivity contribution in [2.45, 2.75) is 6.17 Å². The van der Waals surface area contributed by atoms with Gasteiger partial charge in [0.2, 0.25) is 0 Å². The van der Waals surface area contributed by atoms with Gasteiger partial charge in [0, 0.05) is 42.8 Å². The Morgan fingerprint density at radius 3 is 2.17 bits per heavy atom. The lowest BCUT2D eigenvalue weighted by molar-refractivity contribution is 0.665. The number of para-hydroxylation sites is 2. The average Bonchev–Trinajstić information content (AvgIpc) is 3.89. The Bertz CT molecular complexity index is 3340. The smallest absolute Gasteiger partial charge is 0.159 e. The number of nitrogens with one attached hydrogen (secondary N) is 1. The maximum Gasteiger partial charge on any atom is 0.159 e. The molecule has 1 aliphatic rings. The van der Waals surface area contributed by atoms with Crippen molar-refractivity contribution in [2.75, 3.05) is 5.32 Å². The lowest BCUT2D eigenvalue weighted by atomic mass is 9.98. The molecule has 0 aliphatic carbocycles. The third kappa shape index (κ3) is 4.20. The fraction of sp³-hybridized carbons (Fsp3) is 0.0208. The number of aromatic nitrogens is 1. The van der Waals surface area contributed by atoms with Crippen molar-refractivity contribution in [2.24, 2.45) is 4.99 Å². The van der Waals surface area contributed by atoms with E-state index in [1.807, 2.05) is 0 Å². The number of thiophene rings is 1. The first-order valence-electron chi connectivity index (χ1n) is 18.0. The zero-order chi connectivity index (χ0) is 34.6. The minimum atomic E-state index is -0.324. The lowest BCUT2D eigenvalue weighted by Crippen LogP contribution is -2.19. The molecule has 1 atom stereocenters. The number of hydrogen-bond acceptors (Lipinski definition) is 4. The normalized spacial score (nSPS) is 14.5. The van der Waals surface area contributed by atoms with Crippen LogP contribution in [0.2, 0.25) is 0 Å². The van der Waals surface area contributed by atoms with E-state index in [4.69, 9.17) is 9.41 Å². The standard InChI is InChI=1S/C48H29N3OS/c1-2-12-29-25-32(24-23-28(29)11-1)44-47-45(34-16-6-8-22-42(34)53-47)50-48(49-44)36-18-10-21-41-43(36)35-17-9-20-39(46(35)52-41)51-38-19-7-5-15-33(38)37-26-30-13-3-4-14-31(30)27-40(37)51/h1-27,48,50H. The number of furan rings is 1. The maximum absolute atomic E-state index is 6.91. The highest BCUT2D eigenvalue weighted by atomic mass is 32.1. The zero-order valence-electron chi connectivity index (χ0n) is 28.4. The number of rotatable bonds is 3. The first-order valence-corrected chi connectivity index (χ1v) is 18.8. The van der Waals surface area contributed by atoms with Gasteiger partial charge in [0.1, 0.15) is 11.7 Å². The lowest BCUT2D eigenvalue weighted by Gasteiger charge is -2.25. The summed E-state index contributed by atoms with van der Waals surface area (Å²) in [6.45, 7) is 0. The van der Waals surface area contributed by atoms with Gasteiger partial charge in [-0.1, -0.05) is 121 Å². The molecular weight excluding hydrogens is 667 g/mol. The molecule has 1 N–H and O–H groups in total. The molecule has 248 valence electrons. The van der Waals surface area contributed by atoms with Gasteiger partial charge in [0.05, 0.1) is 33.0 Å². The Morgan fingerprint density at radius 1 is 0.566 bits per heavy atom. The number of hydrogen-bond donors (Lipinski definition) is 1. The summed E-state index contributed by atoms with van der Waals surface area (Å²) in [7, 11) is 0. The number of nitrogens with zero attached hydrogens (tertiary/aromatic N) is 2. The molecule has 0 radical (unpaired) electrons. The topological polar surface area (TPSA) is 42.5 Å². The summed E-state index contributed by atoms with van der Waals surface area (Å²) >= 11 is 1.80. The summed E-state index contributed by atoms with van der Waals surface area (Å²) in [5.41, 5.74) is 9.40. The summed E-state index contributed by atoms with van der Waals surface area (Å²) in [4.78, 5) is 6.72. The highest BCUT2D eigenvalue weighted by Crippen LogP contribution is 2.46. The van der Waals surface area contributed by atoms with E-state index in [2.05, 4.69) is 174 Å². The van der Waals surface area contributed by atoms with Crippen molar-refractivity contribution in [3.8, 4) is 5.69 Å². The molecule has 3 aromatic heterocycles. The SMILES string of the molecule is c1ccc2cc(C3=NC(c4cccc5oc6c(-n7c8ccccc8c8cc9ccccc9cc87)cccc6c45)Nc4c3sc3ccccc43)ccc2c1. The molecule has 12 rings (SSSR count). The second-order valence-electron chi connectivity index (χ2n) is 13.9. The molecule has 11 aromatic rings. The van der Waals surface area contributed by atoms with Crippen LogP contribution in [0.15, 0.2) is 173 Å². The molecule has 0 bridgehead atoms. The first kappa shape index (κ1) is 28.9. The third-order valence-corrected chi connectivity index (χ3v) is 12.2. The molecule has 0 saturated heterocycles. The molecule has 0 fully saturated rings. The molecule has 0 spiro atoms. The monoisotopic (exact) mass is 695 g/mol. The van der Waals surface area contributed by atoms with Gasteiger partial charge in [-0.25, -0.2) is 0 Å². The van der Waals surface area contributed by atoms with E-state index in [1.165, 1.54) is 47.3 Å². The number of benzene rings is 8. The van der Waals surface area contributed by atoms with Gasteiger partial charge >= 0.3 is 0 Å². The van der Waals surface area contributed by atoms with Gasteiger partial charge in [0.15, 0.2) is 5.58 Å². The zero-order valence-corrected chi connectivity index (χ0v) is 29.2. The van der Waals surface area contributed by atoms with Crippen LogP contribution in [0.25, 0.3) is 81.1 Å². The molecule has 4 nitrogen and oxygen atoms in total. The van der Waals surface area contributed by atoms with Crippen LogP contribution in [-0.4, -0.2) is 10.3 Å². The second kappa shape index (κ2) is 10.9. The van der Waals surface area contributed by atoms with Gasteiger partial charge in [-0.3, -0.25) is 4.99 Å². The van der Waals surface area contributed by atoms with E-state index in [0.29, 0.717) is 0 Å². The fourth-order valence-electron chi connectivity index (χ4n) is 8.58. The Hall–Kier alpha value is -6.69. The third-order valence-electron chi connectivity index (χ3n) is 11.0. The molecule has 0 amide bonds. The van der Waals surface area contributed by atoms with Crippen LogP contribution in [0.4, 0.5) is 5.69 Å². The van der Waals surface area contributed by atoms with Crippen LogP contribution in [0.1, 0.15) is 22.2 Å². The Kier molecular flexibility index (Phi) is 5.96. The number of fused-ring (bicyclic) bond motifs is 11. The fourth-order valence-corrected chi connectivity index (χ4v) is 9.77. The molecule has 1 aliphatic heterocycles. The summed E-state index contributed by atoms with van der Waals surface area (Å²) < 4.78 is 10.5. The van der Waals surface area contributed by atoms with Gasteiger partial charge in [0.25, 0.3) is 0 Å². The predicted molar refractivity (Wildman–Crippen MR) is 223 cm³/mol. The van der Waals surface area contributed by atoms with E-state index in [1.54, 1.807) is 11.3 Å². The van der Waals surface area contributed by atoms with E-state index in [0.717, 1.165) is 61.2 Å². The summed E-state index contributed by atoms with van der Waals surface area (Å²) in [5.74, 6) is 0. The molecule has 5 heteroatoms. The number of aliphatic imine (C=N–C) groups is 1. The Morgan fingerprint density at radius 2 is 1.28 bits per heavy atom. The summed E-state index contributed by atoms with van der Waals surface area (Å²) in [5, 5.41) is 14.6. The van der Waals surface area contributed by atoms with Crippen molar-refractivity contribution in [3.63, 3.8) is 0 Å². The molecule has 0 saturated carbocycles. The largest absolute Gasteiger partial charge is 0.454 e. The van der Waals surface area contributed by atoms with E-state index >= 15 is 0 Å². The van der Waals surface area contributed by atoms with Crippen LogP contribution in [-0.2, 0) is 0 Å². The van der Waals surface area contributed by atoms with Crippen molar-refractivity contribution >= 4 is 98.1 Å². The van der Waals surface area contributed by atoms with Gasteiger partial charge in [-0.05, 0) is 64.0 Å². The van der Waals surface area contributed by atoms with Gasteiger partial charge in [-0.2, -0.15) is 0 Å². The minimum absolute atomic E-state index is 0.324. The van der Waals surface area contributed by atoms with E-state index in [-0.39, 0.29) is 6.17 Å². The molecule has 53 heavy (non-hydrogen) atoms. The molecule has 8 aromatic carbocycles. The second-order valence-corrected chi connectivity index (χ2v) is 15.0. The van der Waals surface area contributed by atoms with Crippen LogP contribution in [0, 0.1) is 0 Å². The van der Waals surface area contributed by atoms with Crippen LogP contribution in [0.3, 0.4) is 0 Å². The molecule has 4 heterocycles. The van der Waals surface area contributed by atoms with Crippen LogP contribution in [0.5, 0.6) is 0 Å². The summed E-state index contributed by atoms with van der Waals surface area (Å²) in [6.07, 6.45) is -0.324. The predicted octanol–water partition coefficient (Wildman–Crippen LogP) is 13.2. The van der Waals surface area contributed by atoms with Crippen molar-refractivity contribution in [1.82, 2.24) is 4.57 Å². The Balaban J connectivity index is 1.10. The molecule has 1 unspecified atom stereocenters. The van der Waals surface area contributed by atoms with Gasteiger partial charge in [-0.15, -0.1) is 11.3 Å². The van der Waals surface area contributed by atoms with Crippen LogP contribution >= 0.6 is 11.3 Å². The quantitative estimate of drug-likeness (QED) is 0.200. The molecular formula is C48H29N3OS. The van der Waals surface area contributed by atoms with Crippen molar-refractivity contribution < 1.29 is 4.42 Å². The van der Waals surface area contributed by atoms with Crippen molar-refractivity contribution in [1.29, 1.82) is 0 Å². The number of anilines is 1. The first-order chi connectivity index (χ1) is 26.3. The Labute approximate surface area is 307 Å². The maximum atomic E-state index is 6.91. The van der Waals surface area contributed by atoms with E-state index < -0.39 is 0 Å².